The summed E-state index contributed by atoms with van der Waals surface area (Å²) in [4.78, 5) is 16.5. The standard InChI is InChI=1S/C22H23NO2/c1-13-10-14(2)20-17(21(24)25)12-18(23-19(20)11-13)15-6-8-16(9-7-15)22(3,4)5/h6-12H,1-5H3,(H,24,25). The molecule has 0 saturated carbocycles. The molecule has 0 saturated heterocycles. The van der Waals surface area contributed by atoms with E-state index in [4.69, 9.17) is 4.98 Å². The molecule has 0 amide bonds. The van der Waals surface area contributed by atoms with Crippen molar-refractivity contribution in [2.45, 2.75) is 40.0 Å². The van der Waals surface area contributed by atoms with Crippen molar-refractivity contribution in [2.24, 2.45) is 0 Å². The summed E-state index contributed by atoms with van der Waals surface area (Å²) in [6.45, 7) is 10.4. The number of rotatable bonds is 2. The van der Waals surface area contributed by atoms with Crippen LogP contribution in [-0.2, 0) is 5.41 Å². The first kappa shape index (κ1) is 17.2. The molecule has 0 aliphatic carbocycles. The monoisotopic (exact) mass is 333 g/mol. The molecular weight excluding hydrogens is 310 g/mol. The number of carboxylic acids is 1. The van der Waals surface area contributed by atoms with E-state index in [1.54, 1.807) is 6.07 Å². The van der Waals surface area contributed by atoms with Crippen molar-refractivity contribution in [3.63, 3.8) is 0 Å². The molecule has 3 heteroatoms. The van der Waals surface area contributed by atoms with Gasteiger partial charge in [-0.25, -0.2) is 9.78 Å². The van der Waals surface area contributed by atoms with Gasteiger partial charge in [-0.1, -0.05) is 51.1 Å². The molecule has 1 heterocycles. The van der Waals surface area contributed by atoms with Crippen LogP contribution in [0.25, 0.3) is 22.2 Å². The zero-order chi connectivity index (χ0) is 18.4. The minimum atomic E-state index is -0.924. The Hall–Kier alpha value is -2.68. The lowest BCUT2D eigenvalue weighted by Gasteiger charge is -2.19. The Morgan fingerprint density at radius 1 is 1.00 bits per heavy atom. The summed E-state index contributed by atoms with van der Waals surface area (Å²) >= 11 is 0. The predicted molar refractivity (Wildman–Crippen MR) is 102 cm³/mol. The molecular formula is C22H23NO2. The number of fused-ring (bicyclic) bond motifs is 1. The van der Waals surface area contributed by atoms with Gasteiger partial charge in [0.1, 0.15) is 0 Å². The second-order valence-electron chi connectivity index (χ2n) is 7.66. The lowest BCUT2D eigenvalue weighted by Crippen LogP contribution is -2.10. The van der Waals surface area contributed by atoms with E-state index in [0.29, 0.717) is 16.6 Å². The highest BCUT2D eigenvalue weighted by atomic mass is 16.4. The highest BCUT2D eigenvalue weighted by Crippen LogP contribution is 2.30. The number of pyridine rings is 1. The molecule has 25 heavy (non-hydrogen) atoms. The van der Waals surface area contributed by atoms with E-state index in [0.717, 1.165) is 22.2 Å². The van der Waals surface area contributed by atoms with Crippen molar-refractivity contribution in [2.75, 3.05) is 0 Å². The van der Waals surface area contributed by atoms with Crippen LogP contribution in [0.3, 0.4) is 0 Å². The maximum absolute atomic E-state index is 11.8. The minimum absolute atomic E-state index is 0.0792. The Bertz CT molecular complexity index is 964. The van der Waals surface area contributed by atoms with E-state index in [2.05, 4.69) is 32.9 Å². The first-order chi connectivity index (χ1) is 11.7. The van der Waals surface area contributed by atoms with Crippen LogP contribution < -0.4 is 0 Å². The number of hydrogen-bond acceptors (Lipinski definition) is 2. The Labute approximate surface area is 148 Å². The molecule has 0 atom stereocenters. The number of aryl methyl sites for hydroxylation is 2. The van der Waals surface area contributed by atoms with Crippen LogP contribution in [0, 0.1) is 13.8 Å². The smallest absolute Gasteiger partial charge is 0.336 e. The van der Waals surface area contributed by atoms with Crippen LogP contribution >= 0.6 is 0 Å². The average Bonchev–Trinajstić information content (AvgIpc) is 2.52. The fourth-order valence-corrected chi connectivity index (χ4v) is 3.21. The zero-order valence-corrected chi connectivity index (χ0v) is 15.3. The molecule has 0 bridgehead atoms. The summed E-state index contributed by atoms with van der Waals surface area (Å²) in [5.74, 6) is -0.924. The molecule has 3 nitrogen and oxygen atoms in total. The van der Waals surface area contributed by atoms with Crippen LogP contribution in [-0.4, -0.2) is 16.1 Å². The van der Waals surface area contributed by atoms with Gasteiger partial charge in [0.25, 0.3) is 0 Å². The molecule has 0 spiro atoms. The predicted octanol–water partition coefficient (Wildman–Crippen LogP) is 5.51. The summed E-state index contributed by atoms with van der Waals surface area (Å²) in [5, 5.41) is 10.4. The van der Waals surface area contributed by atoms with Gasteiger partial charge in [0.15, 0.2) is 0 Å². The lowest BCUT2D eigenvalue weighted by molar-refractivity contribution is 0.0699. The number of hydrogen-bond donors (Lipinski definition) is 1. The Balaban J connectivity index is 2.22. The van der Waals surface area contributed by atoms with E-state index in [1.807, 2.05) is 38.1 Å². The molecule has 3 rings (SSSR count). The molecule has 0 radical (unpaired) electrons. The van der Waals surface area contributed by atoms with E-state index in [-0.39, 0.29) is 5.41 Å². The van der Waals surface area contributed by atoms with Gasteiger partial charge in [0.05, 0.1) is 16.8 Å². The van der Waals surface area contributed by atoms with Gasteiger partial charge in [0, 0.05) is 10.9 Å². The summed E-state index contributed by atoms with van der Waals surface area (Å²) in [5.41, 5.74) is 5.98. The Morgan fingerprint density at radius 3 is 2.20 bits per heavy atom. The van der Waals surface area contributed by atoms with Gasteiger partial charge >= 0.3 is 5.97 Å². The number of carbonyl (C=O) groups is 1. The number of aromatic nitrogens is 1. The molecule has 1 aromatic heterocycles. The number of aromatic carboxylic acids is 1. The summed E-state index contributed by atoms with van der Waals surface area (Å²) < 4.78 is 0. The summed E-state index contributed by atoms with van der Waals surface area (Å²) in [7, 11) is 0. The van der Waals surface area contributed by atoms with Crippen LogP contribution in [0.15, 0.2) is 42.5 Å². The lowest BCUT2D eigenvalue weighted by atomic mass is 9.86. The SMILES string of the molecule is Cc1cc(C)c2c(C(=O)O)cc(-c3ccc(C(C)(C)C)cc3)nc2c1. The summed E-state index contributed by atoms with van der Waals surface area (Å²) in [6.07, 6.45) is 0. The molecule has 128 valence electrons. The third kappa shape index (κ3) is 3.27. The molecule has 2 aromatic carbocycles. The molecule has 3 aromatic rings. The highest BCUT2D eigenvalue weighted by molar-refractivity contribution is 6.05. The van der Waals surface area contributed by atoms with Crippen molar-refractivity contribution >= 4 is 16.9 Å². The van der Waals surface area contributed by atoms with E-state index in [9.17, 15) is 9.90 Å². The normalized spacial score (nSPS) is 11.7. The van der Waals surface area contributed by atoms with Crippen molar-refractivity contribution in [1.82, 2.24) is 4.98 Å². The van der Waals surface area contributed by atoms with Gasteiger partial charge in [0.2, 0.25) is 0 Å². The number of carboxylic acid groups (broad SMARTS) is 1. The minimum Gasteiger partial charge on any atom is -0.478 e. The number of benzene rings is 2. The zero-order valence-electron chi connectivity index (χ0n) is 15.3. The second kappa shape index (κ2) is 5.99. The third-order valence-electron chi connectivity index (χ3n) is 4.53. The fourth-order valence-electron chi connectivity index (χ4n) is 3.21. The van der Waals surface area contributed by atoms with E-state index >= 15 is 0 Å². The van der Waals surface area contributed by atoms with Gasteiger partial charge < -0.3 is 5.11 Å². The maximum Gasteiger partial charge on any atom is 0.336 e. The van der Waals surface area contributed by atoms with Gasteiger partial charge in [-0.3, -0.25) is 0 Å². The van der Waals surface area contributed by atoms with Crippen molar-refractivity contribution in [3.05, 3.63) is 64.7 Å². The van der Waals surface area contributed by atoms with Crippen molar-refractivity contribution in [3.8, 4) is 11.3 Å². The molecule has 0 aliphatic heterocycles. The Kier molecular flexibility index (Phi) is 4.11. The molecule has 0 fully saturated rings. The summed E-state index contributed by atoms with van der Waals surface area (Å²) in [6, 6.07) is 13.8. The molecule has 0 unspecified atom stereocenters. The molecule has 0 aliphatic rings. The quantitative estimate of drug-likeness (QED) is 0.672. The van der Waals surface area contributed by atoms with Crippen molar-refractivity contribution in [1.29, 1.82) is 0 Å². The first-order valence-corrected chi connectivity index (χ1v) is 8.43. The van der Waals surface area contributed by atoms with Crippen LogP contribution in [0.2, 0.25) is 0 Å². The van der Waals surface area contributed by atoms with Crippen LogP contribution in [0.4, 0.5) is 0 Å². The van der Waals surface area contributed by atoms with Gasteiger partial charge in [-0.2, -0.15) is 0 Å². The largest absolute Gasteiger partial charge is 0.478 e. The highest BCUT2D eigenvalue weighted by Gasteiger charge is 2.17. The van der Waals surface area contributed by atoms with Crippen molar-refractivity contribution < 1.29 is 9.90 Å². The van der Waals surface area contributed by atoms with Crippen LogP contribution in [0.1, 0.15) is 47.8 Å². The second-order valence-corrected chi connectivity index (χ2v) is 7.66. The third-order valence-corrected chi connectivity index (χ3v) is 4.53. The molecule has 1 N–H and O–H groups in total. The van der Waals surface area contributed by atoms with Crippen LogP contribution in [0.5, 0.6) is 0 Å². The number of nitrogens with zero attached hydrogens (tertiary/aromatic N) is 1. The van der Waals surface area contributed by atoms with Gasteiger partial charge in [-0.15, -0.1) is 0 Å². The van der Waals surface area contributed by atoms with E-state index in [1.165, 1.54) is 5.56 Å². The average molecular weight is 333 g/mol. The Morgan fingerprint density at radius 2 is 1.64 bits per heavy atom. The van der Waals surface area contributed by atoms with Gasteiger partial charge in [-0.05, 0) is 48.1 Å². The first-order valence-electron chi connectivity index (χ1n) is 8.43. The maximum atomic E-state index is 11.8. The topological polar surface area (TPSA) is 50.2 Å². The fraction of sp³-hybridized carbons (Fsp3) is 0.273. The van der Waals surface area contributed by atoms with E-state index < -0.39 is 5.97 Å².